The first kappa shape index (κ1) is 15.9. The predicted molar refractivity (Wildman–Crippen MR) is 90.8 cm³/mol. The number of benzene rings is 1. The van der Waals surface area contributed by atoms with Crippen LogP contribution in [0.1, 0.15) is 25.3 Å². The minimum absolute atomic E-state index is 0.268. The van der Waals surface area contributed by atoms with Gasteiger partial charge >= 0.3 is 0 Å². The number of hydrogen-bond acceptors (Lipinski definition) is 4. The predicted octanol–water partition coefficient (Wildman–Crippen LogP) is 3.89. The Kier molecular flexibility index (Phi) is 3.82. The van der Waals surface area contributed by atoms with Gasteiger partial charge in [0.25, 0.3) is 5.91 Å². The van der Waals surface area contributed by atoms with E-state index in [1.54, 1.807) is 12.1 Å². The van der Waals surface area contributed by atoms with Gasteiger partial charge in [0.2, 0.25) is 0 Å². The van der Waals surface area contributed by atoms with Crippen molar-refractivity contribution in [3.8, 4) is 17.2 Å². The molecule has 1 atom stereocenters. The first-order valence-corrected chi connectivity index (χ1v) is 8.42. The van der Waals surface area contributed by atoms with Crippen LogP contribution in [0, 0.1) is 5.92 Å². The van der Waals surface area contributed by atoms with Gasteiger partial charge in [0, 0.05) is 12.3 Å². The molecule has 0 spiro atoms. The number of aromatic nitrogens is 1. The quantitative estimate of drug-likeness (QED) is 0.916. The maximum absolute atomic E-state index is 13.7. The fourth-order valence-corrected chi connectivity index (χ4v) is 2.83. The minimum atomic E-state index is -1.73. The minimum Gasteiger partial charge on any atom is -0.493 e. The summed E-state index contributed by atoms with van der Waals surface area (Å²) in [5.41, 5.74) is -0.611. The molecule has 1 saturated carbocycles. The van der Waals surface area contributed by atoms with E-state index in [2.05, 4.69) is 17.2 Å². The van der Waals surface area contributed by atoms with E-state index < -0.39 is 11.6 Å². The first-order chi connectivity index (χ1) is 12.0. The molecule has 1 amide bonds. The zero-order valence-electron chi connectivity index (χ0n) is 13.9. The summed E-state index contributed by atoms with van der Waals surface area (Å²) in [4.78, 5) is 15.8. The largest absolute Gasteiger partial charge is 0.493 e. The smallest absolute Gasteiger partial charge is 0.263 e. The fraction of sp³-hybridized carbons (Fsp3) is 0.368. The Morgan fingerprint density at radius 2 is 2.12 bits per heavy atom. The molecule has 25 heavy (non-hydrogen) atoms. The lowest BCUT2D eigenvalue weighted by atomic mass is 9.98. The van der Waals surface area contributed by atoms with Gasteiger partial charge in [0.15, 0.2) is 5.67 Å². The zero-order chi connectivity index (χ0) is 17.4. The summed E-state index contributed by atoms with van der Waals surface area (Å²) >= 11 is 0. The number of halogens is 1. The molecule has 1 unspecified atom stereocenters. The number of rotatable bonds is 4. The summed E-state index contributed by atoms with van der Waals surface area (Å²) in [6, 6.07) is 8.98. The number of nitrogens with one attached hydrogen (secondary N) is 1. The molecule has 1 aromatic carbocycles. The molecule has 5 nitrogen and oxygen atoms in total. The molecule has 1 N–H and O–H groups in total. The molecular formula is C19H19FN2O3. The number of ether oxygens (including phenoxy) is 2. The normalized spacial score (nSPS) is 20.2. The maximum atomic E-state index is 13.7. The van der Waals surface area contributed by atoms with Crippen LogP contribution in [-0.2, 0) is 11.2 Å². The number of alkyl halides is 1. The first-order valence-electron chi connectivity index (χ1n) is 8.42. The lowest BCUT2D eigenvalue weighted by Gasteiger charge is -2.22. The van der Waals surface area contributed by atoms with Crippen LogP contribution in [0.25, 0.3) is 0 Å². The highest BCUT2D eigenvalue weighted by Gasteiger charge is 2.51. The molecular weight excluding hydrogens is 323 g/mol. The van der Waals surface area contributed by atoms with E-state index in [4.69, 9.17) is 9.47 Å². The summed E-state index contributed by atoms with van der Waals surface area (Å²) in [7, 11) is 0. The third-order valence-corrected chi connectivity index (χ3v) is 4.43. The molecule has 2 aliphatic rings. The van der Waals surface area contributed by atoms with Crippen LogP contribution in [0.3, 0.4) is 0 Å². The van der Waals surface area contributed by atoms with Crippen molar-refractivity contribution >= 4 is 11.7 Å². The summed E-state index contributed by atoms with van der Waals surface area (Å²) in [6.45, 7) is 2.88. The van der Waals surface area contributed by atoms with Gasteiger partial charge < -0.3 is 14.8 Å². The third kappa shape index (κ3) is 3.43. The third-order valence-electron chi connectivity index (χ3n) is 4.43. The Morgan fingerprint density at radius 3 is 2.92 bits per heavy atom. The van der Waals surface area contributed by atoms with Gasteiger partial charge in [-0.2, -0.15) is 0 Å². The lowest BCUT2D eigenvalue weighted by molar-refractivity contribution is -0.122. The number of carbonyl (C=O) groups is 1. The van der Waals surface area contributed by atoms with E-state index in [0.29, 0.717) is 17.4 Å². The van der Waals surface area contributed by atoms with Crippen LogP contribution in [0.2, 0.25) is 0 Å². The molecule has 6 heteroatoms. The van der Waals surface area contributed by atoms with Crippen molar-refractivity contribution < 1.29 is 18.7 Å². The van der Waals surface area contributed by atoms with Crippen molar-refractivity contribution in [3.63, 3.8) is 0 Å². The molecule has 1 aliphatic carbocycles. The average Bonchev–Trinajstić information content (AvgIpc) is 3.34. The Balaban J connectivity index is 1.48. The number of nitrogens with zero attached hydrogens (tertiary/aromatic N) is 1. The van der Waals surface area contributed by atoms with E-state index in [1.807, 2.05) is 18.2 Å². The molecule has 130 valence electrons. The van der Waals surface area contributed by atoms with Gasteiger partial charge in [-0.15, -0.1) is 0 Å². The molecule has 0 saturated heterocycles. The second-order valence-electron chi connectivity index (χ2n) is 6.79. The van der Waals surface area contributed by atoms with Crippen molar-refractivity contribution in [2.45, 2.75) is 31.9 Å². The Bertz CT molecular complexity index is 820. The van der Waals surface area contributed by atoms with Gasteiger partial charge in [-0.1, -0.05) is 6.92 Å². The van der Waals surface area contributed by atoms with Crippen LogP contribution in [0.5, 0.6) is 17.2 Å². The van der Waals surface area contributed by atoms with Crippen molar-refractivity contribution in [1.29, 1.82) is 0 Å². The summed E-state index contributed by atoms with van der Waals surface area (Å²) in [5.74, 6) is 2.22. The lowest BCUT2D eigenvalue weighted by Crippen LogP contribution is -2.25. The Labute approximate surface area is 145 Å². The standard InChI is InChI=1S/C19H19FN2O3/c1-12-8-13-9-14(2-3-16(13)24-11-12)25-15-4-7-21-17(10-15)22-18(23)19(20)5-6-19/h2-4,7,9-10,12H,5-6,8,11H2,1H3,(H,21,22,23). The Morgan fingerprint density at radius 1 is 1.32 bits per heavy atom. The van der Waals surface area contributed by atoms with Gasteiger partial charge in [-0.25, -0.2) is 9.37 Å². The molecule has 4 rings (SSSR count). The van der Waals surface area contributed by atoms with Gasteiger partial charge in [0.1, 0.15) is 23.1 Å². The molecule has 2 heterocycles. The van der Waals surface area contributed by atoms with Gasteiger partial charge in [-0.05, 0) is 55.0 Å². The molecule has 0 radical (unpaired) electrons. The second kappa shape index (κ2) is 6.02. The molecule has 1 aromatic heterocycles. The SMILES string of the molecule is CC1COc2ccc(Oc3ccnc(NC(=O)C4(F)CC4)c3)cc2C1. The van der Waals surface area contributed by atoms with Crippen molar-refractivity contribution in [1.82, 2.24) is 4.98 Å². The topological polar surface area (TPSA) is 60.5 Å². The number of pyridine rings is 1. The van der Waals surface area contributed by atoms with E-state index >= 15 is 0 Å². The van der Waals surface area contributed by atoms with Crippen molar-refractivity contribution in [2.24, 2.45) is 5.92 Å². The number of fused-ring (bicyclic) bond motifs is 1. The molecule has 2 aromatic rings. The monoisotopic (exact) mass is 342 g/mol. The maximum Gasteiger partial charge on any atom is 0.263 e. The average molecular weight is 342 g/mol. The van der Waals surface area contributed by atoms with Crippen LogP contribution in [0.15, 0.2) is 36.5 Å². The summed E-state index contributed by atoms with van der Waals surface area (Å²) in [5, 5.41) is 2.50. The Hall–Kier alpha value is -2.63. The van der Waals surface area contributed by atoms with Gasteiger partial charge in [0.05, 0.1) is 6.61 Å². The van der Waals surface area contributed by atoms with Crippen molar-refractivity contribution in [2.75, 3.05) is 11.9 Å². The van der Waals surface area contributed by atoms with Crippen molar-refractivity contribution in [3.05, 3.63) is 42.1 Å². The fourth-order valence-electron chi connectivity index (χ4n) is 2.83. The molecule has 1 aliphatic heterocycles. The zero-order valence-corrected chi connectivity index (χ0v) is 13.9. The molecule has 0 bridgehead atoms. The number of anilines is 1. The van der Waals surface area contributed by atoms with Crippen LogP contribution in [-0.4, -0.2) is 23.2 Å². The van der Waals surface area contributed by atoms with Crippen LogP contribution < -0.4 is 14.8 Å². The highest BCUT2D eigenvalue weighted by Crippen LogP contribution is 2.40. The van der Waals surface area contributed by atoms with E-state index in [9.17, 15) is 9.18 Å². The van der Waals surface area contributed by atoms with Crippen LogP contribution >= 0.6 is 0 Å². The highest BCUT2D eigenvalue weighted by atomic mass is 19.1. The highest BCUT2D eigenvalue weighted by molar-refractivity contribution is 5.98. The van der Waals surface area contributed by atoms with E-state index in [1.165, 1.54) is 6.20 Å². The van der Waals surface area contributed by atoms with E-state index in [-0.39, 0.29) is 18.7 Å². The number of carbonyl (C=O) groups excluding carboxylic acids is 1. The number of hydrogen-bond donors (Lipinski definition) is 1. The second-order valence-corrected chi connectivity index (χ2v) is 6.79. The molecule has 1 fully saturated rings. The summed E-state index contributed by atoms with van der Waals surface area (Å²) in [6.07, 6.45) is 3.00. The van der Waals surface area contributed by atoms with Gasteiger partial charge in [-0.3, -0.25) is 4.79 Å². The van der Waals surface area contributed by atoms with E-state index in [0.717, 1.165) is 24.3 Å². The number of amides is 1. The van der Waals surface area contributed by atoms with Crippen LogP contribution in [0.4, 0.5) is 10.2 Å². The summed E-state index contributed by atoms with van der Waals surface area (Å²) < 4.78 is 25.3.